The summed E-state index contributed by atoms with van der Waals surface area (Å²) in [4.78, 5) is 13.3. The van der Waals surface area contributed by atoms with Gasteiger partial charge in [0.1, 0.15) is 17.2 Å². The van der Waals surface area contributed by atoms with E-state index in [1.165, 1.54) is 10.7 Å². The number of carbonyl (C=O) groups excluding carboxylic acids is 1. The molecule has 2 heterocycles. The molecular formula is C19H15F3N4O. The van der Waals surface area contributed by atoms with E-state index in [-0.39, 0.29) is 12.2 Å². The van der Waals surface area contributed by atoms with Crippen molar-refractivity contribution in [2.75, 3.05) is 6.54 Å². The zero-order valence-electron chi connectivity index (χ0n) is 14.4. The summed E-state index contributed by atoms with van der Waals surface area (Å²) in [5.41, 5.74) is 3.24. The highest BCUT2D eigenvalue weighted by atomic mass is 19.3. The minimum atomic E-state index is -2.58. The Morgan fingerprint density at radius 2 is 1.96 bits per heavy atom. The summed E-state index contributed by atoms with van der Waals surface area (Å²) in [5, 5.41) is 8.18. The maximum atomic E-state index is 14.0. The van der Waals surface area contributed by atoms with Crippen LogP contribution in [0.4, 0.5) is 13.2 Å². The van der Waals surface area contributed by atoms with Gasteiger partial charge in [0.25, 0.3) is 12.3 Å². The van der Waals surface area contributed by atoms with Crippen LogP contribution in [0.2, 0.25) is 0 Å². The van der Waals surface area contributed by atoms with Crippen molar-refractivity contribution in [3.05, 3.63) is 65.1 Å². The quantitative estimate of drug-likeness (QED) is 0.703. The van der Waals surface area contributed by atoms with Crippen molar-refractivity contribution < 1.29 is 18.0 Å². The number of para-hydroxylation sites is 1. The summed E-state index contributed by atoms with van der Waals surface area (Å²) in [6, 6.07) is 11.3. The molecule has 0 saturated carbocycles. The van der Waals surface area contributed by atoms with Gasteiger partial charge in [-0.2, -0.15) is 0 Å². The Kier molecular flexibility index (Phi) is 4.18. The van der Waals surface area contributed by atoms with Crippen LogP contribution in [0.3, 0.4) is 0 Å². The molecule has 0 fully saturated rings. The van der Waals surface area contributed by atoms with Gasteiger partial charge in [0.15, 0.2) is 0 Å². The lowest BCUT2D eigenvalue weighted by atomic mass is 10.0. The second kappa shape index (κ2) is 6.53. The highest BCUT2D eigenvalue weighted by Crippen LogP contribution is 2.30. The highest BCUT2D eigenvalue weighted by Gasteiger charge is 2.29. The number of halogens is 3. The number of benzene rings is 2. The summed E-state index contributed by atoms with van der Waals surface area (Å²) < 4.78 is 40.7. The van der Waals surface area contributed by atoms with Crippen molar-refractivity contribution in [3.63, 3.8) is 0 Å². The Morgan fingerprint density at radius 3 is 2.70 bits per heavy atom. The van der Waals surface area contributed by atoms with Gasteiger partial charge in [-0.05, 0) is 36.8 Å². The number of nitrogens with zero attached hydrogens (tertiary/aromatic N) is 4. The highest BCUT2D eigenvalue weighted by molar-refractivity contribution is 5.99. The molecule has 27 heavy (non-hydrogen) atoms. The first-order valence-electron chi connectivity index (χ1n) is 8.33. The van der Waals surface area contributed by atoms with Crippen molar-refractivity contribution in [1.29, 1.82) is 0 Å². The molecule has 1 aliphatic heterocycles. The smallest absolute Gasteiger partial charge is 0.255 e. The molecule has 1 aromatic heterocycles. The van der Waals surface area contributed by atoms with E-state index in [9.17, 15) is 18.0 Å². The van der Waals surface area contributed by atoms with Gasteiger partial charge in [-0.15, -0.1) is 5.10 Å². The summed E-state index contributed by atoms with van der Waals surface area (Å²) in [6.45, 7) is 1.31. The monoisotopic (exact) mass is 372 g/mol. The van der Waals surface area contributed by atoms with Crippen molar-refractivity contribution in [1.82, 2.24) is 19.9 Å². The second-order valence-corrected chi connectivity index (χ2v) is 6.34. The van der Waals surface area contributed by atoms with Gasteiger partial charge in [0.2, 0.25) is 0 Å². The van der Waals surface area contributed by atoms with E-state index >= 15 is 0 Å². The van der Waals surface area contributed by atoms with E-state index in [0.717, 1.165) is 4.90 Å². The lowest BCUT2D eigenvalue weighted by Gasteiger charge is -2.13. The summed E-state index contributed by atoms with van der Waals surface area (Å²) in [7, 11) is 0. The SMILES string of the molecule is Cc1c(-c2ccc3c(c2)CN(CC(F)F)C3=O)nnn1-c1ccccc1F. The molecule has 0 atom stereocenters. The Bertz CT molecular complexity index is 1030. The summed E-state index contributed by atoms with van der Waals surface area (Å²) in [5.74, 6) is -0.817. The number of aromatic nitrogens is 3. The molecule has 0 aliphatic carbocycles. The van der Waals surface area contributed by atoms with Crippen LogP contribution in [-0.2, 0) is 6.54 Å². The number of hydrogen-bond donors (Lipinski definition) is 0. The van der Waals surface area contributed by atoms with Crippen molar-refractivity contribution in [2.24, 2.45) is 0 Å². The number of fused-ring (bicyclic) bond motifs is 1. The standard InChI is InChI=1S/C19H15F3N4O/c1-11-18(23-24-26(11)16-5-3-2-4-15(16)20)12-6-7-14-13(8-12)9-25(19(14)27)10-17(21)22/h2-8,17H,9-10H2,1H3. The molecular weight excluding hydrogens is 357 g/mol. The predicted molar refractivity (Wildman–Crippen MR) is 92.2 cm³/mol. The topological polar surface area (TPSA) is 51.0 Å². The number of carbonyl (C=O) groups is 1. The number of rotatable bonds is 4. The van der Waals surface area contributed by atoms with Gasteiger partial charge in [-0.3, -0.25) is 4.79 Å². The Morgan fingerprint density at radius 1 is 1.19 bits per heavy atom. The molecule has 0 N–H and O–H groups in total. The molecule has 8 heteroatoms. The molecule has 138 valence electrons. The van der Waals surface area contributed by atoms with Crippen LogP contribution >= 0.6 is 0 Å². The zero-order valence-corrected chi connectivity index (χ0v) is 14.4. The van der Waals surface area contributed by atoms with E-state index < -0.39 is 24.7 Å². The lowest BCUT2D eigenvalue weighted by Crippen LogP contribution is -2.29. The fourth-order valence-corrected chi connectivity index (χ4v) is 3.29. The number of hydrogen-bond acceptors (Lipinski definition) is 3. The van der Waals surface area contributed by atoms with Crippen LogP contribution in [0, 0.1) is 12.7 Å². The summed E-state index contributed by atoms with van der Waals surface area (Å²) >= 11 is 0. The van der Waals surface area contributed by atoms with Gasteiger partial charge in [-0.1, -0.05) is 23.4 Å². The number of alkyl halides is 2. The largest absolute Gasteiger partial charge is 0.329 e. The number of amides is 1. The molecule has 4 rings (SSSR count). The van der Waals surface area contributed by atoms with E-state index in [1.807, 2.05) is 0 Å². The van der Waals surface area contributed by atoms with E-state index in [4.69, 9.17) is 0 Å². The lowest BCUT2D eigenvalue weighted by molar-refractivity contribution is 0.0577. The average molecular weight is 372 g/mol. The molecule has 1 aliphatic rings. The first-order chi connectivity index (χ1) is 13.0. The predicted octanol–water partition coefficient (Wildman–Crippen LogP) is 3.60. The molecule has 0 unspecified atom stereocenters. The second-order valence-electron chi connectivity index (χ2n) is 6.34. The molecule has 0 bridgehead atoms. The van der Waals surface area contributed by atoms with Gasteiger partial charge in [0.05, 0.1) is 12.2 Å². The Hall–Kier alpha value is -3.16. The minimum absolute atomic E-state index is 0.132. The van der Waals surface area contributed by atoms with E-state index in [1.54, 1.807) is 43.3 Å². The van der Waals surface area contributed by atoms with Crippen molar-refractivity contribution >= 4 is 5.91 Å². The Balaban J connectivity index is 1.69. The molecule has 0 spiro atoms. The van der Waals surface area contributed by atoms with Gasteiger partial charge < -0.3 is 4.90 Å². The fourth-order valence-electron chi connectivity index (χ4n) is 3.29. The fraction of sp³-hybridized carbons (Fsp3) is 0.211. The average Bonchev–Trinajstić information content (AvgIpc) is 3.15. The van der Waals surface area contributed by atoms with E-state index in [0.29, 0.717) is 28.1 Å². The van der Waals surface area contributed by atoms with Crippen molar-refractivity contribution in [3.8, 4) is 16.9 Å². The third-order valence-electron chi connectivity index (χ3n) is 4.59. The van der Waals surface area contributed by atoms with Crippen molar-refractivity contribution in [2.45, 2.75) is 19.9 Å². The molecule has 1 amide bonds. The third kappa shape index (κ3) is 2.97. The zero-order chi connectivity index (χ0) is 19.1. The van der Waals surface area contributed by atoms with Gasteiger partial charge in [0, 0.05) is 17.7 Å². The molecule has 0 radical (unpaired) electrons. The van der Waals surface area contributed by atoms with Gasteiger partial charge >= 0.3 is 0 Å². The van der Waals surface area contributed by atoms with Crippen LogP contribution < -0.4 is 0 Å². The maximum absolute atomic E-state index is 14.0. The van der Waals surface area contributed by atoms with Crippen LogP contribution in [0.5, 0.6) is 0 Å². The van der Waals surface area contributed by atoms with Crippen LogP contribution in [-0.4, -0.2) is 38.8 Å². The van der Waals surface area contributed by atoms with Crippen LogP contribution in [0.15, 0.2) is 42.5 Å². The van der Waals surface area contributed by atoms with E-state index in [2.05, 4.69) is 10.3 Å². The first kappa shape index (κ1) is 17.3. The molecule has 2 aromatic carbocycles. The first-order valence-corrected chi connectivity index (χ1v) is 8.33. The minimum Gasteiger partial charge on any atom is -0.329 e. The maximum Gasteiger partial charge on any atom is 0.255 e. The van der Waals surface area contributed by atoms with Gasteiger partial charge in [-0.25, -0.2) is 17.9 Å². The Labute approximate surface area is 153 Å². The molecule has 3 aromatic rings. The molecule has 5 nitrogen and oxygen atoms in total. The third-order valence-corrected chi connectivity index (χ3v) is 4.59. The van der Waals surface area contributed by atoms with Crippen LogP contribution in [0.25, 0.3) is 16.9 Å². The normalized spacial score (nSPS) is 13.5. The van der Waals surface area contributed by atoms with Crippen LogP contribution in [0.1, 0.15) is 21.6 Å². The molecule has 0 saturated heterocycles. The summed E-state index contributed by atoms with van der Waals surface area (Å²) in [6.07, 6.45) is -2.58.